The molecule has 0 saturated heterocycles. The summed E-state index contributed by atoms with van der Waals surface area (Å²) in [4.78, 5) is 12.7. The quantitative estimate of drug-likeness (QED) is 0.817. The zero-order valence-corrected chi connectivity index (χ0v) is 11.0. The van der Waals surface area contributed by atoms with E-state index in [0.29, 0.717) is 6.54 Å². The van der Waals surface area contributed by atoms with Gasteiger partial charge in [-0.25, -0.2) is 0 Å². The molecule has 0 bridgehead atoms. The molecule has 1 N–H and O–H groups in total. The second-order valence-corrected chi connectivity index (χ2v) is 4.49. The summed E-state index contributed by atoms with van der Waals surface area (Å²) in [6.45, 7) is 9.48. The van der Waals surface area contributed by atoms with Crippen molar-refractivity contribution < 1.29 is 9.90 Å². The number of rotatable bonds is 6. The molecule has 0 saturated carbocycles. The molecule has 0 aliphatic heterocycles. The van der Waals surface area contributed by atoms with E-state index in [9.17, 15) is 4.79 Å². The maximum absolute atomic E-state index is 10.8. The van der Waals surface area contributed by atoms with E-state index in [-0.39, 0.29) is 12.6 Å². The van der Waals surface area contributed by atoms with Crippen LogP contribution in [0.4, 0.5) is 0 Å². The van der Waals surface area contributed by atoms with E-state index in [1.54, 1.807) is 0 Å². The highest BCUT2D eigenvalue weighted by molar-refractivity contribution is 5.69. The highest BCUT2D eigenvalue weighted by Crippen LogP contribution is 2.10. The SMILES string of the molecule is CCn1nc(C)cc1CN(CC(=O)O)C(C)C. The molecule has 1 aromatic rings. The molecule has 0 aliphatic carbocycles. The predicted octanol–water partition coefficient (Wildman–Crippen LogP) is 1.51. The average Bonchev–Trinajstić information content (AvgIpc) is 2.57. The van der Waals surface area contributed by atoms with E-state index in [4.69, 9.17) is 5.11 Å². The lowest BCUT2D eigenvalue weighted by atomic mass is 10.2. The van der Waals surface area contributed by atoms with Crippen LogP contribution in [0, 0.1) is 6.92 Å². The first-order valence-corrected chi connectivity index (χ1v) is 5.93. The van der Waals surface area contributed by atoms with E-state index >= 15 is 0 Å². The van der Waals surface area contributed by atoms with Gasteiger partial charge in [0.2, 0.25) is 0 Å². The third-order valence-electron chi connectivity index (χ3n) is 2.72. The number of hydrogen-bond donors (Lipinski definition) is 1. The average molecular weight is 239 g/mol. The van der Waals surface area contributed by atoms with Crippen LogP contribution in [0.2, 0.25) is 0 Å². The van der Waals surface area contributed by atoms with Crippen molar-refractivity contribution in [3.05, 3.63) is 17.5 Å². The predicted molar refractivity (Wildman–Crippen MR) is 65.8 cm³/mol. The van der Waals surface area contributed by atoms with E-state index in [1.165, 1.54) is 0 Å². The van der Waals surface area contributed by atoms with Crippen LogP contribution in [-0.2, 0) is 17.9 Å². The Labute approximate surface area is 102 Å². The minimum absolute atomic E-state index is 0.0611. The Kier molecular flexibility index (Phi) is 4.69. The first kappa shape index (κ1) is 13.7. The number of aromatic nitrogens is 2. The molecule has 0 spiro atoms. The topological polar surface area (TPSA) is 58.4 Å². The Bertz CT molecular complexity index is 385. The van der Waals surface area contributed by atoms with Crippen LogP contribution in [0.15, 0.2) is 6.07 Å². The van der Waals surface area contributed by atoms with Crippen molar-refractivity contribution in [1.29, 1.82) is 0 Å². The fraction of sp³-hybridized carbons (Fsp3) is 0.667. The second-order valence-electron chi connectivity index (χ2n) is 4.49. The molecule has 0 aromatic carbocycles. The molecule has 1 rings (SSSR count). The Morgan fingerprint density at radius 2 is 2.24 bits per heavy atom. The van der Waals surface area contributed by atoms with Crippen LogP contribution in [0.1, 0.15) is 32.2 Å². The van der Waals surface area contributed by atoms with Gasteiger partial charge in [-0.15, -0.1) is 0 Å². The van der Waals surface area contributed by atoms with Crippen molar-refractivity contribution >= 4 is 5.97 Å². The lowest BCUT2D eigenvalue weighted by molar-refractivity contribution is -0.139. The summed E-state index contributed by atoms with van der Waals surface area (Å²) in [6, 6.07) is 2.22. The van der Waals surface area contributed by atoms with E-state index < -0.39 is 5.97 Å². The minimum Gasteiger partial charge on any atom is -0.480 e. The third-order valence-corrected chi connectivity index (χ3v) is 2.72. The monoisotopic (exact) mass is 239 g/mol. The maximum atomic E-state index is 10.8. The summed E-state index contributed by atoms with van der Waals surface area (Å²) >= 11 is 0. The standard InChI is InChI=1S/C12H21N3O2/c1-5-15-11(6-10(4)13-15)7-14(9(2)3)8-12(16)17/h6,9H,5,7-8H2,1-4H3,(H,16,17). The van der Waals surface area contributed by atoms with Gasteiger partial charge in [-0.3, -0.25) is 14.4 Å². The smallest absolute Gasteiger partial charge is 0.317 e. The Morgan fingerprint density at radius 3 is 2.71 bits per heavy atom. The van der Waals surface area contributed by atoms with Gasteiger partial charge in [-0.05, 0) is 33.8 Å². The number of hydrogen-bond acceptors (Lipinski definition) is 3. The van der Waals surface area contributed by atoms with E-state index in [1.807, 2.05) is 43.3 Å². The molecular weight excluding hydrogens is 218 g/mol. The summed E-state index contributed by atoms with van der Waals surface area (Å²) < 4.78 is 1.92. The summed E-state index contributed by atoms with van der Waals surface area (Å²) in [5, 5.41) is 13.2. The van der Waals surface area contributed by atoms with Gasteiger partial charge in [0.1, 0.15) is 0 Å². The van der Waals surface area contributed by atoms with Crippen molar-refractivity contribution in [2.75, 3.05) is 6.54 Å². The molecule has 5 heteroatoms. The summed E-state index contributed by atoms with van der Waals surface area (Å²) in [5.74, 6) is -0.794. The molecule has 0 fully saturated rings. The van der Waals surface area contributed by atoms with Crippen molar-refractivity contribution in [2.24, 2.45) is 0 Å². The molecule has 5 nitrogen and oxygen atoms in total. The van der Waals surface area contributed by atoms with Gasteiger partial charge in [-0.1, -0.05) is 0 Å². The molecule has 0 aliphatic rings. The van der Waals surface area contributed by atoms with Crippen molar-refractivity contribution in [2.45, 2.75) is 46.8 Å². The highest BCUT2D eigenvalue weighted by atomic mass is 16.4. The Balaban J connectivity index is 2.81. The van der Waals surface area contributed by atoms with Crippen molar-refractivity contribution in [3.8, 4) is 0 Å². The maximum Gasteiger partial charge on any atom is 0.317 e. The third kappa shape index (κ3) is 3.85. The number of carboxylic acid groups (broad SMARTS) is 1. The molecular formula is C12H21N3O2. The number of aryl methyl sites for hydroxylation is 2. The molecule has 17 heavy (non-hydrogen) atoms. The van der Waals surface area contributed by atoms with Crippen molar-refractivity contribution in [1.82, 2.24) is 14.7 Å². The lowest BCUT2D eigenvalue weighted by Crippen LogP contribution is -2.35. The molecule has 0 unspecified atom stereocenters. The summed E-state index contributed by atoms with van der Waals surface area (Å²) in [6.07, 6.45) is 0. The fourth-order valence-electron chi connectivity index (χ4n) is 1.80. The van der Waals surface area contributed by atoms with Gasteiger partial charge >= 0.3 is 5.97 Å². The van der Waals surface area contributed by atoms with Gasteiger partial charge in [0.25, 0.3) is 0 Å². The molecule has 0 atom stereocenters. The van der Waals surface area contributed by atoms with Crippen LogP contribution in [-0.4, -0.2) is 38.3 Å². The molecule has 1 heterocycles. The second kappa shape index (κ2) is 5.82. The molecule has 0 amide bonds. The molecule has 1 aromatic heterocycles. The highest BCUT2D eigenvalue weighted by Gasteiger charge is 2.16. The number of carbonyl (C=O) groups is 1. The Morgan fingerprint density at radius 1 is 1.59 bits per heavy atom. The van der Waals surface area contributed by atoms with Crippen LogP contribution < -0.4 is 0 Å². The number of carboxylic acids is 1. The zero-order valence-electron chi connectivity index (χ0n) is 11.0. The molecule has 96 valence electrons. The largest absolute Gasteiger partial charge is 0.480 e. The number of aliphatic carboxylic acids is 1. The number of nitrogens with zero attached hydrogens (tertiary/aromatic N) is 3. The van der Waals surface area contributed by atoms with Crippen molar-refractivity contribution in [3.63, 3.8) is 0 Å². The summed E-state index contributed by atoms with van der Waals surface area (Å²) in [5.41, 5.74) is 2.04. The van der Waals surface area contributed by atoms with Crippen LogP contribution >= 0.6 is 0 Å². The van der Waals surface area contributed by atoms with Crippen LogP contribution in [0.25, 0.3) is 0 Å². The van der Waals surface area contributed by atoms with E-state index in [0.717, 1.165) is 17.9 Å². The van der Waals surface area contributed by atoms with Crippen LogP contribution in [0.5, 0.6) is 0 Å². The first-order chi connectivity index (χ1) is 7.93. The minimum atomic E-state index is -0.794. The molecule has 0 radical (unpaired) electrons. The Hall–Kier alpha value is -1.36. The lowest BCUT2D eigenvalue weighted by Gasteiger charge is -2.24. The van der Waals surface area contributed by atoms with Gasteiger partial charge in [0, 0.05) is 19.1 Å². The first-order valence-electron chi connectivity index (χ1n) is 5.93. The van der Waals surface area contributed by atoms with Gasteiger partial charge < -0.3 is 5.11 Å². The van der Waals surface area contributed by atoms with Crippen LogP contribution in [0.3, 0.4) is 0 Å². The normalized spacial score (nSPS) is 11.4. The summed E-state index contributed by atoms with van der Waals surface area (Å²) in [7, 11) is 0. The fourth-order valence-corrected chi connectivity index (χ4v) is 1.80. The van der Waals surface area contributed by atoms with E-state index in [2.05, 4.69) is 5.10 Å². The van der Waals surface area contributed by atoms with Gasteiger partial charge in [0.15, 0.2) is 0 Å². The van der Waals surface area contributed by atoms with Gasteiger partial charge in [-0.2, -0.15) is 5.10 Å². The van der Waals surface area contributed by atoms with Gasteiger partial charge in [0.05, 0.1) is 17.9 Å². The zero-order chi connectivity index (χ0) is 13.0.